The maximum Gasteiger partial charge on any atom is 0.154 e. The van der Waals surface area contributed by atoms with Crippen molar-refractivity contribution in [3.8, 4) is 0 Å². The van der Waals surface area contributed by atoms with Crippen LogP contribution in [0.25, 0.3) is 0 Å². The zero-order valence-corrected chi connectivity index (χ0v) is 18.8. The Bertz CT molecular complexity index is 1200. The molecular weight excluding hydrogens is 418 g/mol. The van der Waals surface area contributed by atoms with Crippen molar-refractivity contribution in [3.63, 3.8) is 0 Å². The van der Waals surface area contributed by atoms with Gasteiger partial charge in [-0.3, -0.25) is 0 Å². The summed E-state index contributed by atoms with van der Waals surface area (Å²) < 4.78 is 0. The van der Waals surface area contributed by atoms with Crippen molar-refractivity contribution in [3.05, 3.63) is 168 Å². The quantitative estimate of drug-likeness (QED) is 0.379. The third kappa shape index (κ3) is 3.75. The molecule has 4 aromatic carbocycles. The van der Waals surface area contributed by atoms with Gasteiger partial charge in [-0.25, -0.2) is 0 Å². The van der Waals surface area contributed by atoms with Crippen LogP contribution in [0.4, 0.5) is 0 Å². The molecule has 0 aliphatic carbocycles. The van der Waals surface area contributed by atoms with E-state index < -0.39 is 17.2 Å². The summed E-state index contributed by atoms with van der Waals surface area (Å²) >= 11 is 0. The minimum atomic E-state index is -1.42. The minimum absolute atomic E-state index is 0.517. The fraction of sp³-hybridized carbons (Fsp3) is 0.0968. The lowest BCUT2D eigenvalue weighted by atomic mass is 9.77. The molecular formula is C31H27NO2. The molecule has 1 heterocycles. The van der Waals surface area contributed by atoms with Crippen LogP contribution in [-0.2, 0) is 11.2 Å². The molecule has 0 saturated carbocycles. The summed E-state index contributed by atoms with van der Waals surface area (Å²) in [7, 11) is 0. The van der Waals surface area contributed by atoms with Crippen molar-refractivity contribution in [1.29, 1.82) is 0 Å². The van der Waals surface area contributed by atoms with E-state index in [9.17, 15) is 10.2 Å². The molecule has 0 radical (unpaired) electrons. The molecule has 0 aromatic heterocycles. The molecule has 34 heavy (non-hydrogen) atoms. The van der Waals surface area contributed by atoms with Gasteiger partial charge in [0.05, 0.1) is 11.7 Å². The van der Waals surface area contributed by atoms with Crippen molar-refractivity contribution in [2.24, 2.45) is 0 Å². The van der Waals surface area contributed by atoms with Crippen LogP contribution in [0.5, 0.6) is 0 Å². The average molecular weight is 446 g/mol. The maximum absolute atomic E-state index is 12.3. The van der Waals surface area contributed by atoms with Gasteiger partial charge in [0.2, 0.25) is 0 Å². The summed E-state index contributed by atoms with van der Waals surface area (Å²) in [6.45, 7) is 0. The second kappa shape index (κ2) is 9.14. The second-order valence-electron chi connectivity index (χ2n) is 8.53. The number of nitrogens with one attached hydrogen (secondary N) is 1. The van der Waals surface area contributed by atoms with E-state index in [1.807, 2.05) is 140 Å². The highest BCUT2D eigenvalue weighted by Gasteiger charge is 2.44. The van der Waals surface area contributed by atoms with Crippen LogP contribution < -0.4 is 5.32 Å². The summed E-state index contributed by atoms with van der Waals surface area (Å²) in [6, 6.07) is 38.0. The van der Waals surface area contributed by atoms with E-state index in [1.54, 1.807) is 0 Å². The monoisotopic (exact) mass is 445 g/mol. The number of hydrogen-bond donors (Lipinski definition) is 3. The van der Waals surface area contributed by atoms with Crippen molar-refractivity contribution in [2.45, 2.75) is 17.2 Å². The Hall–Kier alpha value is -3.92. The van der Waals surface area contributed by atoms with Crippen LogP contribution in [0.3, 0.4) is 0 Å². The molecule has 0 saturated heterocycles. The Balaban J connectivity index is 1.62. The Morgan fingerprint density at radius 3 is 1.32 bits per heavy atom. The molecule has 0 spiro atoms. The third-order valence-corrected chi connectivity index (χ3v) is 6.53. The van der Waals surface area contributed by atoms with Gasteiger partial charge in [-0.15, -0.1) is 0 Å². The van der Waals surface area contributed by atoms with Crippen LogP contribution in [0.2, 0.25) is 0 Å². The van der Waals surface area contributed by atoms with Crippen LogP contribution in [0.15, 0.2) is 145 Å². The topological polar surface area (TPSA) is 52.5 Å². The third-order valence-electron chi connectivity index (χ3n) is 6.53. The first-order valence-electron chi connectivity index (χ1n) is 11.5. The fourth-order valence-corrected chi connectivity index (χ4v) is 4.74. The molecule has 0 bridgehead atoms. The molecule has 5 rings (SSSR count). The number of dihydropyridines is 1. The molecule has 3 heteroatoms. The van der Waals surface area contributed by atoms with Gasteiger partial charge >= 0.3 is 0 Å². The van der Waals surface area contributed by atoms with Gasteiger partial charge in [0, 0.05) is 0 Å². The van der Waals surface area contributed by atoms with Crippen molar-refractivity contribution >= 4 is 0 Å². The number of rotatable bonds is 6. The van der Waals surface area contributed by atoms with E-state index in [2.05, 4.69) is 5.32 Å². The highest BCUT2D eigenvalue weighted by atomic mass is 16.3. The lowest BCUT2D eigenvalue weighted by molar-refractivity contribution is 0.0465. The SMILES string of the molecule is OC(C1=CC=CC(C(O)(c2ccccc2)c2ccccc2)N1)(c1ccccc1)c1ccccc1. The summed E-state index contributed by atoms with van der Waals surface area (Å²) in [4.78, 5) is 0. The van der Waals surface area contributed by atoms with Crippen LogP contribution in [0, 0.1) is 0 Å². The second-order valence-corrected chi connectivity index (χ2v) is 8.53. The highest BCUT2D eigenvalue weighted by Crippen LogP contribution is 2.40. The Morgan fingerprint density at radius 1 is 0.529 bits per heavy atom. The van der Waals surface area contributed by atoms with Gasteiger partial charge in [-0.05, 0) is 28.3 Å². The van der Waals surface area contributed by atoms with E-state index in [0.29, 0.717) is 5.70 Å². The number of benzene rings is 4. The molecule has 1 atom stereocenters. The first-order chi connectivity index (χ1) is 16.6. The Labute approximate surface area is 200 Å². The lowest BCUT2D eigenvalue weighted by Gasteiger charge is -2.42. The molecule has 3 N–H and O–H groups in total. The summed E-state index contributed by atoms with van der Waals surface area (Å²) in [5.74, 6) is 0. The Kier molecular flexibility index (Phi) is 5.89. The molecule has 1 unspecified atom stereocenters. The maximum atomic E-state index is 12.3. The first kappa shape index (κ1) is 21.9. The number of allylic oxidation sites excluding steroid dienone is 2. The van der Waals surface area contributed by atoms with Gasteiger partial charge in [-0.2, -0.15) is 0 Å². The van der Waals surface area contributed by atoms with E-state index in [1.165, 1.54) is 0 Å². The van der Waals surface area contributed by atoms with Crippen LogP contribution in [-0.4, -0.2) is 16.3 Å². The van der Waals surface area contributed by atoms with Gasteiger partial charge in [0.1, 0.15) is 5.60 Å². The molecule has 168 valence electrons. The molecule has 1 aliphatic heterocycles. The van der Waals surface area contributed by atoms with Gasteiger partial charge in [-0.1, -0.05) is 133 Å². The van der Waals surface area contributed by atoms with E-state index >= 15 is 0 Å². The van der Waals surface area contributed by atoms with Gasteiger partial charge < -0.3 is 15.5 Å². The Morgan fingerprint density at radius 2 is 0.912 bits per heavy atom. The van der Waals surface area contributed by atoms with Crippen molar-refractivity contribution in [2.75, 3.05) is 0 Å². The lowest BCUT2D eigenvalue weighted by Crippen LogP contribution is -2.52. The van der Waals surface area contributed by atoms with Gasteiger partial charge in [0.15, 0.2) is 5.60 Å². The summed E-state index contributed by atoms with van der Waals surface area (Å²) in [6.07, 6.45) is 5.73. The average Bonchev–Trinajstić information content (AvgIpc) is 2.94. The largest absolute Gasteiger partial charge is 0.378 e. The smallest absolute Gasteiger partial charge is 0.154 e. The van der Waals surface area contributed by atoms with Crippen molar-refractivity contribution < 1.29 is 10.2 Å². The summed E-state index contributed by atoms with van der Waals surface area (Å²) in [5.41, 5.74) is 0.865. The standard InChI is InChI=1S/C31H27NO2/c33-30(24-14-5-1-6-15-24,25-16-7-2-8-17-25)28-22-13-23-29(32-28)31(34,26-18-9-3-10-19-26)27-20-11-4-12-21-27/h1-23,28,32-34H. The van der Waals surface area contributed by atoms with Gasteiger partial charge in [0.25, 0.3) is 0 Å². The van der Waals surface area contributed by atoms with E-state index in [-0.39, 0.29) is 0 Å². The molecule has 1 aliphatic rings. The van der Waals surface area contributed by atoms with Crippen LogP contribution >= 0.6 is 0 Å². The zero-order chi connectivity index (χ0) is 23.4. The van der Waals surface area contributed by atoms with Crippen LogP contribution in [0.1, 0.15) is 22.3 Å². The zero-order valence-electron chi connectivity index (χ0n) is 18.8. The predicted octanol–water partition coefficient (Wildman–Crippen LogP) is 5.27. The highest BCUT2D eigenvalue weighted by molar-refractivity contribution is 5.49. The molecule has 3 nitrogen and oxygen atoms in total. The number of aliphatic hydroxyl groups is 2. The molecule has 0 amide bonds. The minimum Gasteiger partial charge on any atom is -0.378 e. The molecule has 4 aromatic rings. The van der Waals surface area contributed by atoms with Crippen molar-refractivity contribution in [1.82, 2.24) is 5.32 Å². The normalized spacial score (nSPS) is 15.9. The predicted molar refractivity (Wildman–Crippen MR) is 136 cm³/mol. The van der Waals surface area contributed by atoms with E-state index in [0.717, 1.165) is 22.3 Å². The van der Waals surface area contributed by atoms with E-state index in [4.69, 9.17) is 0 Å². The fourth-order valence-electron chi connectivity index (χ4n) is 4.74. The number of hydrogen-bond acceptors (Lipinski definition) is 3. The summed E-state index contributed by atoms with van der Waals surface area (Å²) in [5, 5.41) is 28.0. The first-order valence-corrected chi connectivity index (χ1v) is 11.5. The molecule has 0 fully saturated rings.